The number of hydrogen-bond acceptors (Lipinski definition) is 3. The molecule has 2 nitrogen and oxygen atoms in total. The van der Waals surface area contributed by atoms with Crippen molar-refractivity contribution in [3.8, 4) is 0 Å². The van der Waals surface area contributed by atoms with Crippen LogP contribution in [0.4, 0.5) is 0 Å². The van der Waals surface area contributed by atoms with Gasteiger partial charge >= 0.3 is 0 Å². The zero-order valence-electron chi connectivity index (χ0n) is 10.9. The van der Waals surface area contributed by atoms with Gasteiger partial charge in [-0.25, -0.2) is 0 Å². The van der Waals surface area contributed by atoms with Gasteiger partial charge in [-0.3, -0.25) is 0 Å². The Labute approximate surface area is 109 Å². The van der Waals surface area contributed by atoms with E-state index in [9.17, 15) is 5.11 Å². The van der Waals surface area contributed by atoms with Gasteiger partial charge < -0.3 is 10.4 Å². The Bertz CT molecular complexity index is 313. The molecule has 0 saturated carbocycles. The normalized spacial score (nSPS) is 16.5. The van der Waals surface area contributed by atoms with Gasteiger partial charge in [0.05, 0.1) is 5.60 Å². The first kappa shape index (κ1) is 14.6. The lowest BCUT2D eigenvalue weighted by atomic mass is 10.0. The number of nitrogens with one attached hydrogen (secondary N) is 1. The van der Waals surface area contributed by atoms with Crippen LogP contribution < -0.4 is 5.32 Å². The Morgan fingerprint density at radius 2 is 2.00 bits per heavy atom. The smallest absolute Gasteiger partial charge is 0.0833 e. The van der Waals surface area contributed by atoms with E-state index in [2.05, 4.69) is 36.5 Å². The molecule has 0 radical (unpaired) electrons. The predicted octanol–water partition coefficient (Wildman–Crippen LogP) is 2.49. The van der Waals surface area contributed by atoms with Crippen molar-refractivity contribution in [3.05, 3.63) is 35.9 Å². The van der Waals surface area contributed by atoms with Gasteiger partial charge in [-0.2, -0.15) is 11.8 Å². The second-order valence-corrected chi connectivity index (χ2v) is 5.74. The van der Waals surface area contributed by atoms with E-state index < -0.39 is 5.60 Å². The predicted molar refractivity (Wildman–Crippen MR) is 76.7 cm³/mol. The van der Waals surface area contributed by atoms with Crippen LogP contribution in [0.1, 0.15) is 25.3 Å². The summed E-state index contributed by atoms with van der Waals surface area (Å²) in [6.07, 6.45) is 2.01. The van der Waals surface area contributed by atoms with Crippen LogP contribution in [-0.4, -0.2) is 35.8 Å². The van der Waals surface area contributed by atoms with Crippen molar-refractivity contribution in [1.29, 1.82) is 0 Å². The molecule has 0 aromatic heterocycles. The first-order valence-electron chi connectivity index (χ1n) is 6.02. The van der Waals surface area contributed by atoms with Crippen LogP contribution in [0.3, 0.4) is 0 Å². The molecule has 96 valence electrons. The molecule has 0 saturated heterocycles. The van der Waals surface area contributed by atoms with Crippen molar-refractivity contribution >= 4 is 11.8 Å². The average molecular weight is 253 g/mol. The highest BCUT2D eigenvalue weighted by atomic mass is 32.2. The molecular formula is C14H23NOS. The van der Waals surface area contributed by atoms with E-state index in [-0.39, 0.29) is 0 Å². The van der Waals surface area contributed by atoms with Crippen molar-refractivity contribution in [2.75, 3.05) is 25.1 Å². The van der Waals surface area contributed by atoms with Gasteiger partial charge in [0.25, 0.3) is 0 Å². The molecule has 0 aliphatic rings. The summed E-state index contributed by atoms with van der Waals surface area (Å²) in [5, 5.41) is 13.4. The molecule has 2 N–H and O–H groups in total. The van der Waals surface area contributed by atoms with Crippen molar-refractivity contribution in [2.45, 2.75) is 25.4 Å². The molecule has 0 aliphatic carbocycles. The zero-order chi connectivity index (χ0) is 12.7. The van der Waals surface area contributed by atoms with E-state index in [1.807, 2.05) is 19.2 Å². The molecule has 0 fully saturated rings. The van der Waals surface area contributed by atoms with Crippen LogP contribution in [0.25, 0.3) is 0 Å². The van der Waals surface area contributed by atoms with Gasteiger partial charge in [-0.1, -0.05) is 37.3 Å². The summed E-state index contributed by atoms with van der Waals surface area (Å²) >= 11 is 1.67. The Hall–Kier alpha value is -0.510. The molecule has 2 unspecified atom stereocenters. The Morgan fingerprint density at radius 1 is 1.35 bits per heavy atom. The molecule has 17 heavy (non-hydrogen) atoms. The monoisotopic (exact) mass is 253 g/mol. The summed E-state index contributed by atoms with van der Waals surface area (Å²) in [5.74, 6) is 1.24. The fraction of sp³-hybridized carbons (Fsp3) is 0.571. The van der Waals surface area contributed by atoms with Crippen LogP contribution in [-0.2, 0) is 0 Å². The van der Waals surface area contributed by atoms with Crippen molar-refractivity contribution in [2.24, 2.45) is 0 Å². The Balaban J connectivity index is 2.32. The van der Waals surface area contributed by atoms with Crippen LogP contribution in [0.5, 0.6) is 0 Å². The first-order chi connectivity index (χ1) is 8.05. The van der Waals surface area contributed by atoms with Crippen LogP contribution in [0.2, 0.25) is 0 Å². The standard InChI is InChI=1S/C14H23NOS/c1-12(13-7-5-4-6-8-13)9-15-10-14(2,16)11-17-3/h4-8,12,15-16H,9-11H2,1-3H3. The van der Waals surface area contributed by atoms with Crippen molar-refractivity contribution in [1.82, 2.24) is 5.32 Å². The van der Waals surface area contributed by atoms with E-state index in [4.69, 9.17) is 0 Å². The average Bonchev–Trinajstić information content (AvgIpc) is 2.29. The third-order valence-electron chi connectivity index (χ3n) is 2.78. The Morgan fingerprint density at radius 3 is 2.59 bits per heavy atom. The summed E-state index contributed by atoms with van der Waals surface area (Å²) in [4.78, 5) is 0. The zero-order valence-corrected chi connectivity index (χ0v) is 11.8. The van der Waals surface area contributed by atoms with Gasteiger partial charge in [0.2, 0.25) is 0 Å². The number of thioether (sulfide) groups is 1. The van der Waals surface area contributed by atoms with Crippen molar-refractivity contribution in [3.63, 3.8) is 0 Å². The number of rotatable bonds is 7. The van der Waals surface area contributed by atoms with E-state index in [0.717, 1.165) is 12.3 Å². The van der Waals surface area contributed by atoms with Gasteiger partial charge in [-0.15, -0.1) is 0 Å². The first-order valence-corrected chi connectivity index (χ1v) is 7.41. The molecule has 0 heterocycles. The highest BCUT2D eigenvalue weighted by Gasteiger charge is 2.19. The van der Waals surface area contributed by atoms with Crippen molar-refractivity contribution < 1.29 is 5.11 Å². The van der Waals surface area contributed by atoms with E-state index in [1.54, 1.807) is 11.8 Å². The minimum Gasteiger partial charge on any atom is -0.388 e. The molecule has 3 heteroatoms. The molecule has 0 amide bonds. The quantitative estimate of drug-likeness (QED) is 0.783. The van der Waals surface area contributed by atoms with Gasteiger partial charge in [0.15, 0.2) is 0 Å². The third kappa shape index (κ3) is 5.57. The summed E-state index contributed by atoms with van der Waals surface area (Å²) < 4.78 is 0. The lowest BCUT2D eigenvalue weighted by Gasteiger charge is -2.23. The van der Waals surface area contributed by atoms with E-state index in [0.29, 0.717) is 12.5 Å². The molecular weight excluding hydrogens is 230 g/mol. The number of hydrogen-bond donors (Lipinski definition) is 2. The molecule has 1 aromatic rings. The van der Waals surface area contributed by atoms with E-state index >= 15 is 0 Å². The highest BCUT2D eigenvalue weighted by Crippen LogP contribution is 2.14. The molecule has 0 spiro atoms. The second kappa shape index (κ2) is 7.04. The fourth-order valence-electron chi connectivity index (χ4n) is 1.82. The topological polar surface area (TPSA) is 32.3 Å². The SMILES string of the molecule is CSCC(C)(O)CNCC(C)c1ccccc1. The van der Waals surface area contributed by atoms with Gasteiger partial charge in [0.1, 0.15) is 0 Å². The minimum atomic E-state index is -0.615. The summed E-state index contributed by atoms with van der Waals surface area (Å²) in [7, 11) is 0. The largest absolute Gasteiger partial charge is 0.388 e. The lowest BCUT2D eigenvalue weighted by molar-refractivity contribution is 0.0847. The fourth-order valence-corrected chi connectivity index (χ4v) is 2.54. The molecule has 0 bridgehead atoms. The second-order valence-electron chi connectivity index (χ2n) is 4.87. The van der Waals surface area contributed by atoms with Crippen LogP contribution in [0, 0.1) is 0 Å². The van der Waals surface area contributed by atoms with Gasteiger partial charge in [-0.05, 0) is 24.7 Å². The molecule has 2 atom stereocenters. The number of benzene rings is 1. The minimum absolute atomic E-state index is 0.473. The maximum absolute atomic E-state index is 10.0. The molecule has 0 aliphatic heterocycles. The van der Waals surface area contributed by atoms with E-state index in [1.165, 1.54) is 5.56 Å². The summed E-state index contributed by atoms with van der Waals surface area (Å²) in [6, 6.07) is 10.5. The maximum atomic E-state index is 10.0. The maximum Gasteiger partial charge on any atom is 0.0833 e. The summed E-state index contributed by atoms with van der Waals surface area (Å²) in [6.45, 7) is 5.62. The van der Waals surface area contributed by atoms with Crippen LogP contribution in [0.15, 0.2) is 30.3 Å². The molecule has 1 aromatic carbocycles. The molecule has 1 rings (SSSR count). The lowest BCUT2D eigenvalue weighted by Crippen LogP contribution is -2.41. The Kier molecular flexibility index (Phi) is 6.03. The van der Waals surface area contributed by atoms with Crippen LogP contribution >= 0.6 is 11.8 Å². The summed E-state index contributed by atoms with van der Waals surface area (Å²) in [5.41, 5.74) is 0.722. The van der Waals surface area contributed by atoms with Gasteiger partial charge in [0, 0.05) is 18.8 Å². The number of aliphatic hydroxyl groups is 1. The third-order valence-corrected chi connectivity index (χ3v) is 3.69. The highest BCUT2D eigenvalue weighted by molar-refractivity contribution is 7.98.